The molecule has 1 aromatic heterocycles. The molecule has 1 amide bonds. The van der Waals surface area contributed by atoms with Crippen molar-refractivity contribution in [2.45, 2.75) is 32.8 Å². The highest BCUT2D eigenvalue weighted by molar-refractivity contribution is 5.77. The number of aromatic nitrogens is 1. The van der Waals surface area contributed by atoms with E-state index in [0.717, 1.165) is 6.42 Å². The molecule has 1 aromatic rings. The first-order valence-corrected chi connectivity index (χ1v) is 5.62. The third kappa shape index (κ3) is 5.35. The lowest BCUT2D eigenvalue weighted by Crippen LogP contribution is -2.35. The predicted octanol–water partition coefficient (Wildman–Crippen LogP) is 0.639. The van der Waals surface area contributed by atoms with Gasteiger partial charge in [0.25, 0.3) is 11.8 Å². The quantitative estimate of drug-likeness (QED) is 0.733. The minimum Gasteiger partial charge on any atom is -0.465 e. The Kier molecular flexibility index (Phi) is 5.48. The molecule has 1 rings (SSSR count). The van der Waals surface area contributed by atoms with E-state index in [0.29, 0.717) is 12.2 Å². The van der Waals surface area contributed by atoms with Crippen LogP contribution in [0.3, 0.4) is 0 Å². The fraction of sp³-hybridized carbons (Fsp3) is 0.636. The summed E-state index contributed by atoms with van der Waals surface area (Å²) in [7, 11) is 0. The number of nitrogens with one attached hydrogen (secondary N) is 1. The Morgan fingerprint density at radius 2 is 2.47 bits per heavy atom. The molecule has 1 unspecified atom stereocenters. The molecule has 0 spiro atoms. The average Bonchev–Trinajstić information content (AvgIpc) is 2.70. The number of hydrogen-bond acceptors (Lipinski definition) is 5. The van der Waals surface area contributed by atoms with Gasteiger partial charge in [0.05, 0.1) is 6.10 Å². The van der Waals surface area contributed by atoms with Gasteiger partial charge < -0.3 is 19.7 Å². The van der Waals surface area contributed by atoms with Crippen molar-refractivity contribution < 1.29 is 19.2 Å². The van der Waals surface area contributed by atoms with Gasteiger partial charge in [-0.25, -0.2) is 0 Å². The Bertz CT molecular complexity index is 351. The third-order valence-electron chi connectivity index (χ3n) is 2.11. The van der Waals surface area contributed by atoms with Crippen molar-refractivity contribution in [1.29, 1.82) is 0 Å². The molecule has 6 heteroatoms. The summed E-state index contributed by atoms with van der Waals surface area (Å²) in [6.45, 7) is 3.82. The monoisotopic (exact) mass is 242 g/mol. The molecule has 17 heavy (non-hydrogen) atoms. The predicted molar refractivity (Wildman–Crippen MR) is 60.7 cm³/mol. The van der Waals surface area contributed by atoms with Crippen LogP contribution < -0.4 is 10.1 Å². The van der Waals surface area contributed by atoms with E-state index < -0.39 is 6.10 Å². The number of carbonyl (C=O) groups excluding carboxylic acids is 1. The van der Waals surface area contributed by atoms with Crippen LogP contribution in [0.4, 0.5) is 0 Å². The van der Waals surface area contributed by atoms with Gasteiger partial charge in [0, 0.05) is 12.6 Å². The maximum Gasteiger partial charge on any atom is 0.258 e. The second-order valence-corrected chi connectivity index (χ2v) is 3.81. The van der Waals surface area contributed by atoms with Gasteiger partial charge >= 0.3 is 0 Å². The minimum absolute atomic E-state index is 0.134. The van der Waals surface area contributed by atoms with Crippen LogP contribution in [0.5, 0.6) is 5.88 Å². The SMILES string of the molecule is CCCC(O)CNC(=O)COc1cc(C)on1. The Labute approximate surface area is 99.9 Å². The van der Waals surface area contributed by atoms with Crippen LogP contribution in [0.25, 0.3) is 0 Å². The number of aliphatic hydroxyl groups is 1. The van der Waals surface area contributed by atoms with Crippen LogP contribution in [0, 0.1) is 6.92 Å². The maximum atomic E-state index is 11.3. The van der Waals surface area contributed by atoms with E-state index in [-0.39, 0.29) is 24.9 Å². The second kappa shape index (κ2) is 6.90. The van der Waals surface area contributed by atoms with Gasteiger partial charge in [-0.1, -0.05) is 13.3 Å². The normalized spacial score (nSPS) is 12.2. The Balaban J connectivity index is 2.17. The number of amides is 1. The summed E-state index contributed by atoms with van der Waals surface area (Å²) in [5, 5.41) is 15.6. The van der Waals surface area contributed by atoms with Gasteiger partial charge in [0.2, 0.25) is 0 Å². The average molecular weight is 242 g/mol. The van der Waals surface area contributed by atoms with E-state index in [2.05, 4.69) is 10.5 Å². The first-order chi connectivity index (χ1) is 8.11. The van der Waals surface area contributed by atoms with Gasteiger partial charge in [-0.2, -0.15) is 0 Å². The van der Waals surface area contributed by atoms with Crippen molar-refractivity contribution in [1.82, 2.24) is 10.5 Å². The molecule has 2 N–H and O–H groups in total. The molecule has 0 aliphatic carbocycles. The highest BCUT2D eigenvalue weighted by Gasteiger charge is 2.08. The van der Waals surface area contributed by atoms with Gasteiger partial charge in [-0.3, -0.25) is 4.79 Å². The van der Waals surface area contributed by atoms with Crippen LogP contribution >= 0.6 is 0 Å². The highest BCUT2D eigenvalue weighted by atomic mass is 16.5. The Morgan fingerprint density at radius 1 is 1.71 bits per heavy atom. The zero-order valence-corrected chi connectivity index (χ0v) is 10.1. The number of carbonyl (C=O) groups is 1. The van der Waals surface area contributed by atoms with Crippen molar-refractivity contribution in [3.8, 4) is 5.88 Å². The molecule has 0 radical (unpaired) electrons. The van der Waals surface area contributed by atoms with Crippen molar-refractivity contribution in [2.75, 3.05) is 13.2 Å². The number of aryl methyl sites for hydroxylation is 1. The largest absolute Gasteiger partial charge is 0.465 e. The summed E-state index contributed by atoms with van der Waals surface area (Å²) >= 11 is 0. The van der Waals surface area contributed by atoms with Crippen LogP contribution in [-0.4, -0.2) is 35.4 Å². The lowest BCUT2D eigenvalue weighted by Gasteiger charge is -2.10. The molecule has 1 atom stereocenters. The van der Waals surface area contributed by atoms with Crippen LogP contribution in [0.15, 0.2) is 10.6 Å². The standard InChI is InChI=1S/C11H18N2O4/c1-3-4-9(14)6-12-10(15)7-16-11-5-8(2)17-13-11/h5,9,14H,3-4,6-7H2,1-2H3,(H,12,15). The molecule has 0 saturated carbocycles. The molecule has 0 bridgehead atoms. The number of hydrogen-bond donors (Lipinski definition) is 2. The molecule has 1 heterocycles. The summed E-state index contributed by atoms with van der Waals surface area (Å²) < 4.78 is 9.86. The zero-order chi connectivity index (χ0) is 12.7. The molecule has 96 valence electrons. The van der Waals surface area contributed by atoms with E-state index in [1.165, 1.54) is 0 Å². The van der Waals surface area contributed by atoms with E-state index in [9.17, 15) is 9.90 Å². The Morgan fingerprint density at radius 3 is 3.06 bits per heavy atom. The summed E-state index contributed by atoms with van der Waals surface area (Å²) in [4.78, 5) is 11.3. The zero-order valence-electron chi connectivity index (χ0n) is 10.1. The summed E-state index contributed by atoms with van der Waals surface area (Å²) in [6.07, 6.45) is 1.05. The highest BCUT2D eigenvalue weighted by Crippen LogP contribution is 2.09. The first kappa shape index (κ1) is 13.5. The first-order valence-electron chi connectivity index (χ1n) is 5.62. The molecule has 0 aliphatic heterocycles. The molecular formula is C11H18N2O4. The second-order valence-electron chi connectivity index (χ2n) is 3.81. The number of rotatable bonds is 7. The van der Waals surface area contributed by atoms with Crippen molar-refractivity contribution in [3.63, 3.8) is 0 Å². The molecule has 0 saturated heterocycles. The van der Waals surface area contributed by atoms with Crippen molar-refractivity contribution >= 4 is 5.91 Å². The summed E-state index contributed by atoms with van der Waals surface area (Å²) in [5.41, 5.74) is 0. The topological polar surface area (TPSA) is 84.6 Å². The van der Waals surface area contributed by atoms with Gasteiger partial charge in [-0.05, 0) is 18.5 Å². The fourth-order valence-electron chi connectivity index (χ4n) is 1.27. The van der Waals surface area contributed by atoms with E-state index in [1.807, 2.05) is 6.92 Å². The number of nitrogens with zero attached hydrogens (tertiary/aromatic N) is 1. The molecular weight excluding hydrogens is 224 g/mol. The number of ether oxygens (including phenoxy) is 1. The molecule has 6 nitrogen and oxygen atoms in total. The van der Waals surface area contributed by atoms with Gasteiger partial charge in [-0.15, -0.1) is 0 Å². The third-order valence-corrected chi connectivity index (χ3v) is 2.11. The van der Waals surface area contributed by atoms with Crippen molar-refractivity contribution in [2.24, 2.45) is 0 Å². The number of aliphatic hydroxyl groups excluding tert-OH is 1. The molecule has 0 aliphatic rings. The van der Waals surface area contributed by atoms with Crippen LogP contribution in [0.2, 0.25) is 0 Å². The van der Waals surface area contributed by atoms with Gasteiger partial charge in [0.15, 0.2) is 6.61 Å². The van der Waals surface area contributed by atoms with E-state index in [4.69, 9.17) is 9.26 Å². The lowest BCUT2D eigenvalue weighted by molar-refractivity contribution is -0.123. The molecule has 0 fully saturated rings. The smallest absolute Gasteiger partial charge is 0.258 e. The summed E-state index contributed by atoms with van der Waals surface area (Å²) in [5.74, 6) is 0.617. The summed E-state index contributed by atoms with van der Waals surface area (Å²) in [6, 6.07) is 1.60. The van der Waals surface area contributed by atoms with E-state index in [1.54, 1.807) is 13.0 Å². The Hall–Kier alpha value is -1.56. The van der Waals surface area contributed by atoms with Crippen molar-refractivity contribution in [3.05, 3.63) is 11.8 Å². The minimum atomic E-state index is -0.502. The van der Waals surface area contributed by atoms with Crippen LogP contribution in [0.1, 0.15) is 25.5 Å². The van der Waals surface area contributed by atoms with Crippen LogP contribution in [-0.2, 0) is 4.79 Å². The van der Waals surface area contributed by atoms with E-state index >= 15 is 0 Å². The fourth-order valence-corrected chi connectivity index (χ4v) is 1.27. The molecule has 0 aromatic carbocycles. The lowest BCUT2D eigenvalue weighted by atomic mass is 10.2. The van der Waals surface area contributed by atoms with Gasteiger partial charge in [0.1, 0.15) is 5.76 Å². The maximum absolute atomic E-state index is 11.3.